The molecule has 1 fully saturated rings. The zero-order chi connectivity index (χ0) is 19.5. The molecular formula is C23H19F2N3O. The van der Waals surface area contributed by atoms with Crippen molar-refractivity contribution in [3.05, 3.63) is 54.1 Å². The Balaban J connectivity index is 1.71. The first-order valence-corrected chi connectivity index (χ1v) is 9.89. The Hall–Kier alpha value is -3.12. The molecule has 1 unspecified atom stereocenters. The van der Waals surface area contributed by atoms with Crippen LogP contribution in [0.2, 0.25) is 0 Å². The van der Waals surface area contributed by atoms with Gasteiger partial charge in [0.1, 0.15) is 17.7 Å². The van der Waals surface area contributed by atoms with E-state index >= 15 is 0 Å². The van der Waals surface area contributed by atoms with Gasteiger partial charge in [-0.15, -0.1) is 0 Å². The number of nitrogens with one attached hydrogen (secondary N) is 3. The average Bonchev–Trinajstić information content (AvgIpc) is 3.27. The summed E-state index contributed by atoms with van der Waals surface area (Å²) in [5.74, 6) is 0.129. The Morgan fingerprint density at radius 3 is 1.97 bits per heavy atom. The molecule has 0 amide bonds. The molecule has 3 heterocycles. The van der Waals surface area contributed by atoms with E-state index in [0.717, 1.165) is 69.5 Å². The van der Waals surface area contributed by atoms with Gasteiger partial charge in [-0.2, -0.15) is 0 Å². The normalized spacial score (nSPS) is 17.7. The zero-order valence-corrected chi connectivity index (χ0v) is 15.6. The minimum Gasteiger partial charge on any atom is -0.485 e. The van der Waals surface area contributed by atoms with E-state index in [2.05, 4.69) is 15.3 Å². The summed E-state index contributed by atoms with van der Waals surface area (Å²) in [6.07, 6.45) is 2.07. The van der Waals surface area contributed by atoms with E-state index in [-0.39, 0.29) is 17.7 Å². The maximum absolute atomic E-state index is 14.0. The molecule has 0 spiro atoms. The summed E-state index contributed by atoms with van der Waals surface area (Å²) in [4.78, 5) is 6.81. The molecule has 6 heteroatoms. The molecule has 0 aliphatic carbocycles. The Labute approximate surface area is 164 Å². The number of benzene rings is 3. The summed E-state index contributed by atoms with van der Waals surface area (Å²) < 4.78 is 34.4. The van der Waals surface area contributed by atoms with Crippen molar-refractivity contribution in [2.75, 3.05) is 13.1 Å². The molecule has 0 radical (unpaired) electrons. The fraction of sp³-hybridized carbons (Fsp3) is 0.217. The second-order valence-corrected chi connectivity index (χ2v) is 7.77. The van der Waals surface area contributed by atoms with Crippen molar-refractivity contribution >= 4 is 43.6 Å². The predicted molar refractivity (Wildman–Crippen MR) is 112 cm³/mol. The van der Waals surface area contributed by atoms with E-state index in [4.69, 9.17) is 4.74 Å². The van der Waals surface area contributed by atoms with Crippen LogP contribution in [0.5, 0.6) is 5.75 Å². The SMILES string of the molecule is Fc1ccc2[nH]c3c(OC4CCCNC4)c4[nH]c5ccc(F)cc5c4cc3c2c1. The van der Waals surface area contributed by atoms with Crippen molar-refractivity contribution < 1.29 is 13.5 Å². The highest BCUT2D eigenvalue weighted by Crippen LogP contribution is 2.41. The summed E-state index contributed by atoms with van der Waals surface area (Å²) in [5.41, 5.74) is 3.35. The van der Waals surface area contributed by atoms with Gasteiger partial charge in [-0.25, -0.2) is 8.78 Å². The van der Waals surface area contributed by atoms with Crippen molar-refractivity contribution in [2.24, 2.45) is 0 Å². The Bertz CT molecular complexity index is 1300. The first-order chi connectivity index (χ1) is 14.2. The first-order valence-electron chi connectivity index (χ1n) is 9.89. The number of hydrogen-bond acceptors (Lipinski definition) is 2. The molecule has 146 valence electrons. The molecule has 1 aliphatic heterocycles. The lowest BCUT2D eigenvalue weighted by atomic mass is 10.1. The standard InChI is InChI=1S/C23H19F2N3O/c24-12-3-5-19-15(8-12)17-10-18-16-9-13(25)4-6-20(16)28-22(18)23(21(17)27-19)29-14-2-1-7-26-11-14/h3-6,8-10,14,26-28H,1-2,7,11H2. The number of hydrogen-bond donors (Lipinski definition) is 3. The molecule has 6 rings (SSSR count). The lowest BCUT2D eigenvalue weighted by Gasteiger charge is -2.24. The van der Waals surface area contributed by atoms with Crippen LogP contribution in [0.15, 0.2) is 42.5 Å². The number of aromatic amines is 2. The van der Waals surface area contributed by atoms with Crippen LogP contribution < -0.4 is 10.1 Å². The monoisotopic (exact) mass is 391 g/mol. The Morgan fingerprint density at radius 2 is 1.41 bits per heavy atom. The largest absolute Gasteiger partial charge is 0.485 e. The molecule has 2 aromatic heterocycles. The molecule has 4 nitrogen and oxygen atoms in total. The van der Waals surface area contributed by atoms with Gasteiger partial charge in [0.05, 0.1) is 11.0 Å². The molecule has 0 saturated carbocycles. The van der Waals surface area contributed by atoms with Gasteiger partial charge >= 0.3 is 0 Å². The van der Waals surface area contributed by atoms with Crippen molar-refractivity contribution in [3.8, 4) is 5.75 Å². The molecule has 5 aromatic rings. The third kappa shape index (κ3) is 2.59. The van der Waals surface area contributed by atoms with E-state index < -0.39 is 0 Å². The highest BCUT2D eigenvalue weighted by molar-refractivity contribution is 6.20. The smallest absolute Gasteiger partial charge is 0.167 e. The summed E-state index contributed by atoms with van der Waals surface area (Å²) in [7, 11) is 0. The van der Waals surface area contributed by atoms with E-state index in [0.29, 0.717) is 5.75 Å². The van der Waals surface area contributed by atoms with Gasteiger partial charge in [0.2, 0.25) is 0 Å². The number of fused-ring (bicyclic) bond motifs is 6. The highest BCUT2D eigenvalue weighted by Gasteiger charge is 2.22. The summed E-state index contributed by atoms with van der Waals surface area (Å²) in [6, 6.07) is 11.4. The summed E-state index contributed by atoms with van der Waals surface area (Å²) >= 11 is 0. The molecule has 3 N–H and O–H groups in total. The summed E-state index contributed by atoms with van der Waals surface area (Å²) in [6.45, 7) is 1.78. The van der Waals surface area contributed by atoms with Crippen molar-refractivity contribution in [3.63, 3.8) is 0 Å². The number of rotatable bonds is 2. The molecule has 1 aliphatic rings. The van der Waals surface area contributed by atoms with Crippen molar-refractivity contribution in [1.29, 1.82) is 0 Å². The first kappa shape index (κ1) is 16.8. The number of aromatic nitrogens is 2. The summed E-state index contributed by atoms with van der Waals surface area (Å²) in [5, 5.41) is 6.70. The quantitative estimate of drug-likeness (QED) is 0.379. The van der Waals surface area contributed by atoms with Gasteiger partial charge < -0.3 is 20.0 Å². The number of ether oxygens (including phenoxy) is 1. The van der Waals surface area contributed by atoms with Crippen molar-refractivity contribution in [2.45, 2.75) is 18.9 Å². The molecule has 0 bridgehead atoms. The van der Waals surface area contributed by atoms with Crippen LogP contribution in [0, 0.1) is 11.6 Å². The molecule has 3 aromatic carbocycles. The predicted octanol–water partition coefficient (Wildman–Crippen LogP) is 5.36. The molecular weight excluding hydrogens is 372 g/mol. The zero-order valence-electron chi connectivity index (χ0n) is 15.6. The Morgan fingerprint density at radius 1 is 0.793 bits per heavy atom. The number of H-pyrrole nitrogens is 2. The van der Waals surface area contributed by atoms with E-state index in [1.807, 2.05) is 6.07 Å². The van der Waals surface area contributed by atoms with Gasteiger partial charge in [-0.05, 0) is 61.9 Å². The van der Waals surface area contributed by atoms with Crippen LogP contribution >= 0.6 is 0 Å². The minimum absolute atomic E-state index is 0.0452. The van der Waals surface area contributed by atoms with Gasteiger partial charge in [0.25, 0.3) is 0 Å². The van der Waals surface area contributed by atoms with Crippen LogP contribution in [0.4, 0.5) is 8.78 Å². The Kier molecular flexibility index (Phi) is 3.59. The fourth-order valence-electron chi connectivity index (χ4n) is 4.50. The maximum atomic E-state index is 14.0. The van der Waals surface area contributed by atoms with Crippen LogP contribution in [0.3, 0.4) is 0 Å². The average molecular weight is 391 g/mol. The minimum atomic E-state index is -0.289. The molecule has 1 atom stereocenters. The number of halogens is 2. The highest BCUT2D eigenvalue weighted by atomic mass is 19.1. The lowest BCUT2D eigenvalue weighted by molar-refractivity contribution is 0.171. The fourth-order valence-corrected chi connectivity index (χ4v) is 4.50. The lowest BCUT2D eigenvalue weighted by Crippen LogP contribution is -2.37. The van der Waals surface area contributed by atoms with Crippen LogP contribution in [-0.2, 0) is 0 Å². The second-order valence-electron chi connectivity index (χ2n) is 7.77. The van der Waals surface area contributed by atoms with Gasteiger partial charge in [0.15, 0.2) is 5.75 Å². The van der Waals surface area contributed by atoms with Gasteiger partial charge in [-0.1, -0.05) is 0 Å². The van der Waals surface area contributed by atoms with Crippen molar-refractivity contribution in [1.82, 2.24) is 15.3 Å². The van der Waals surface area contributed by atoms with E-state index in [1.165, 1.54) is 24.3 Å². The maximum Gasteiger partial charge on any atom is 0.167 e. The topological polar surface area (TPSA) is 52.8 Å². The second kappa shape index (κ2) is 6.19. The molecule has 29 heavy (non-hydrogen) atoms. The number of piperidine rings is 1. The van der Waals surface area contributed by atoms with Crippen LogP contribution in [0.25, 0.3) is 43.6 Å². The van der Waals surface area contributed by atoms with Gasteiger partial charge in [0, 0.05) is 39.1 Å². The van der Waals surface area contributed by atoms with E-state index in [1.54, 1.807) is 12.1 Å². The molecule has 1 saturated heterocycles. The van der Waals surface area contributed by atoms with E-state index in [9.17, 15) is 8.78 Å². The third-order valence-corrected chi connectivity index (χ3v) is 5.88. The van der Waals surface area contributed by atoms with Crippen LogP contribution in [0.1, 0.15) is 12.8 Å². The third-order valence-electron chi connectivity index (χ3n) is 5.88. The van der Waals surface area contributed by atoms with Gasteiger partial charge in [-0.3, -0.25) is 0 Å². The van der Waals surface area contributed by atoms with Crippen LogP contribution in [-0.4, -0.2) is 29.2 Å².